The van der Waals surface area contributed by atoms with Gasteiger partial charge in [-0.1, -0.05) is 17.7 Å². The van der Waals surface area contributed by atoms with Gasteiger partial charge in [0.25, 0.3) is 0 Å². The lowest BCUT2D eigenvalue weighted by molar-refractivity contribution is 0.589. The lowest BCUT2D eigenvalue weighted by Crippen LogP contribution is -2.35. The maximum atomic E-state index is 13.8. The Bertz CT molecular complexity index is 1020. The van der Waals surface area contributed by atoms with E-state index >= 15 is 0 Å². The normalized spacial score (nSPS) is 16.0. The number of hydrogen-bond acceptors (Lipinski definition) is 4. The minimum absolute atomic E-state index is 0.0378. The molecular formula is C22H22ClFN4. The molecule has 0 saturated heterocycles. The molecule has 0 aliphatic carbocycles. The van der Waals surface area contributed by atoms with E-state index in [0.29, 0.717) is 11.0 Å². The minimum Gasteiger partial charge on any atom is -0.349 e. The molecule has 2 aromatic carbocycles. The highest BCUT2D eigenvalue weighted by Crippen LogP contribution is 2.35. The molecule has 0 radical (unpaired) electrons. The second-order valence-electron chi connectivity index (χ2n) is 7.18. The van der Waals surface area contributed by atoms with Gasteiger partial charge in [-0.3, -0.25) is 0 Å². The fourth-order valence-corrected chi connectivity index (χ4v) is 3.81. The number of aromatic nitrogens is 2. The van der Waals surface area contributed by atoms with Crippen LogP contribution in [-0.4, -0.2) is 16.5 Å². The summed E-state index contributed by atoms with van der Waals surface area (Å²) in [6.45, 7) is 6.94. The Morgan fingerprint density at radius 3 is 2.61 bits per heavy atom. The number of hydrogen-bond donors (Lipinski definition) is 1. The molecule has 4 rings (SSSR count). The maximum Gasteiger partial charge on any atom is 0.229 e. The van der Waals surface area contributed by atoms with Crippen LogP contribution in [0.15, 0.2) is 42.5 Å². The third-order valence-corrected chi connectivity index (χ3v) is 5.64. The van der Waals surface area contributed by atoms with Gasteiger partial charge in [0.15, 0.2) is 0 Å². The number of anilines is 3. The second-order valence-corrected chi connectivity index (χ2v) is 7.61. The maximum absolute atomic E-state index is 13.8. The molecule has 1 aromatic heterocycles. The fourth-order valence-electron chi connectivity index (χ4n) is 3.69. The van der Waals surface area contributed by atoms with Crippen LogP contribution in [0.25, 0.3) is 0 Å². The summed E-state index contributed by atoms with van der Waals surface area (Å²) in [5.74, 6) is 1.22. The molecule has 1 aliphatic heterocycles. The topological polar surface area (TPSA) is 41.1 Å². The van der Waals surface area contributed by atoms with Gasteiger partial charge in [0.2, 0.25) is 5.95 Å². The van der Waals surface area contributed by atoms with E-state index in [0.717, 1.165) is 41.3 Å². The van der Waals surface area contributed by atoms with E-state index in [2.05, 4.69) is 22.1 Å². The molecule has 144 valence electrons. The molecule has 2 heterocycles. The molecular weight excluding hydrogens is 375 g/mol. The zero-order valence-corrected chi connectivity index (χ0v) is 16.9. The second kappa shape index (κ2) is 7.40. The molecule has 0 fully saturated rings. The summed E-state index contributed by atoms with van der Waals surface area (Å²) < 4.78 is 13.8. The van der Waals surface area contributed by atoms with Crippen LogP contribution in [0.2, 0.25) is 5.02 Å². The average Bonchev–Trinajstić information content (AvgIpc) is 2.67. The van der Waals surface area contributed by atoms with Crippen LogP contribution < -0.4 is 10.2 Å². The molecule has 1 aliphatic rings. The van der Waals surface area contributed by atoms with Crippen molar-refractivity contribution in [2.75, 3.05) is 16.8 Å². The van der Waals surface area contributed by atoms with Crippen molar-refractivity contribution in [3.63, 3.8) is 0 Å². The highest BCUT2D eigenvalue weighted by atomic mass is 35.5. The van der Waals surface area contributed by atoms with Crippen LogP contribution in [0.3, 0.4) is 0 Å². The van der Waals surface area contributed by atoms with Gasteiger partial charge in [0, 0.05) is 28.5 Å². The number of halogens is 2. The average molecular weight is 397 g/mol. The molecule has 1 atom stereocenters. The molecule has 0 spiro atoms. The molecule has 0 bridgehead atoms. The number of aryl methyl sites for hydroxylation is 1. The standard InChI is InChI=1S/C22H22ClFN4/c1-13-14(2)25-22(26-19-8-5-17(23)6-9-19)27-21(13)28-11-10-16-4-7-18(24)12-20(16)15(28)3/h4-9,12,15H,10-11H2,1-3H3,(H,25,26,27). The molecule has 1 unspecified atom stereocenters. The van der Waals surface area contributed by atoms with E-state index in [1.807, 2.05) is 44.2 Å². The Balaban J connectivity index is 1.69. The van der Waals surface area contributed by atoms with Crippen molar-refractivity contribution >= 4 is 29.1 Å². The van der Waals surface area contributed by atoms with Crippen molar-refractivity contribution < 1.29 is 4.39 Å². The van der Waals surface area contributed by atoms with Gasteiger partial charge in [0.05, 0.1) is 6.04 Å². The smallest absolute Gasteiger partial charge is 0.229 e. The number of fused-ring (bicyclic) bond motifs is 1. The summed E-state index contributed by atoms with van der Waals surface area (Å²) in [6.07, 6.45) is 0.863. The summed E-state index contributed by atoms with van der Waals surface area (Å²) in [7, 11) is 0. The largest absolute Gasteiger partial charge is 0.349 e. The molecule has 3 aromatic rings. The van der Waals surface area contributed by atoms with Crippen molar-refractivity contribution in [1.29, 1.82) is 0 Å². The van der Waals surface area contributed by atoms with Gasteiger partial charge < -0.3 is 10.2 Å². The van der Waals surface area contributed by atoms with Crippen LogP contribution in [-0.2, 0) is 6.42 Å². The Hall–Kier alpha value is -2.66. The zero-order chi connectivity index (χ0) is 19.8. The van der Waals surface area contributed by atoms with Crippen LogP contribution in [0.5, 0.6) is 0 Å². The first kappa shape index (κ1) is 18.7. The Morgan fingerprint density at radius 2 is 1.86 bits per heavy atom. The summed E-state index contributed by atoms with van der Waals surface area (Å²) in [5.41, 5.74) is 5.05. The predicted molar refractivity (Wildman–Crippen MR) is 112 cm³/mol. The minimum atomic E-state index is -0.201. The third kappa shape index (κ3) is 3.54. The quantitative estimate of drug-likeness (QED) is 0.611. The van der Waals surface area contributed by atoms with E-state index in [9.17, 15) is 4.39 Å². The zero-order valence-electron chi connectivity index (χ0n) is 16.1. The van der Waals surface area contributed by atoms with Crippen molar-refractivity contribution in [2.45, 2.75) is 33.2 Å². The summed E-state index contributed by atoms with van der Waals surface area (Å²) in [6, 6.07) is 12.5. The van der Waals surface area contributed by atoms with Gasteiger partial charge in [-0.15, -0.1) is 0 Å². The van der Waals surface area contributed by atoms with Gasteiger partial charge in [-0.05, 0) is 74.7 Å². The van der Waals surface area contributed by atoms with E-state index < -0.39 is 0 Å². The molecule has 0 amide bonds. The van der Waals surface area contributed by atoms with Crippen LogP contribution in [0.1, 0.15) is 35.3 Å². The molecule has 0 saturated carbocycles. The Morgan fingerprint density at radius 1 is 1.11 bits per heavy atom. The number of nitrogens with one attached hydrogen (secondary N) is 1. The third-order valence-electron chi connectivity index (χ3n) is 5.38. The number of benzene rings is 2. The predicted octanol–water partition coefficient (Wildman–Crippen LogP) is 5.75. The first-order valence-electron chi connectivity index (χ1n) is 9.35. The van der Waals surface area contributed by atoms with Crippen molar-refractivity contribution in [1.82, 2.24) is 9.97 Å². The van der Waals surface area contributed by atoms with Crippen molar-refractivity contribution in [3.05, 3.63) is 75.7 Å². The number of rotatable bonds is 3. The van der Waals surface area contributed by atoms with E-state index in [1.54, 1.807) is 6.07 Å². The monoisotopic (exact) mass is 396 g/mol. The van der Waals surface area contributed by atoms with Crippen LogP contribution in [0, 0.1) is 19.7 Å². The lowest BCUT2D eigenvalue weighted by atomic mass is 9.93. The van der Waals surface area contributed by atoms with Crippen molar-refractivity contribution in [2.24, 2.45) is 0 Å². The van der Waals surface area contributed by atoms with Gasteiger partial charge in [0.1, 0.15) is 11.6 Å². The summed E-state index contributed by atoms with van der Waals surface area (Å²) in [5, 5.41) is 3.94. The fraction of sp³-hybridized carbons (Fsp3) is 0.273. The summed E-state index contributed by atoms with van der Waals surface area (Å²) >= 11 is 5.96. The molecule has 6 heteroatoms. The van der Waals surface area contributed by atoms with Crippen LogP contribution >= 0.6 is 11.6 Å². The van der Waals surface area contributed by atoms with Gasteiger partial charge in [-0.2, -0.15) is 4.98 Å². The van der Waals surface area contributed by atoms with E-state index in [-0.39, 0.29) is 11.9 Å². The molecule has 4 nitrogen and oxygen atoms in total. The Kier molecular flexibility index (Phi) is 4.94. The lowest BCUT2D eigenvalue weighted by Gasteiger charge is -2.37. The van der Waals surface area contributed by atoms with Gasteiger partial charge in [-0.25, -0.2) is 9.37 Å². The summed E-state index contributed by atoms with van der Waals surface area (Å²) in [4.78, 5) is 11.6. The Labute approximate surface area is 169 Å². The highest BCUT2D eigenvalue weighted by Gasteiger charge is 2.27. The molecule has 1 N–H and O–H groups in total. The van der Waals surface area contributed by atoms with Crippen LogP contribution in [0.4, 0.5) is 21.8 Å². The first-order chi connectivity index (χ1) is 13.4. The van der Waals surface area contributed by atoms with E-state index in [4.69, 9.17) is 16.6 Å². The highest BCUT2D eigenvalue weighted by molar-refractivity contribution is 6.30. The van der Waals surface area contributed by atoms with Gasteiger partial charge >= 0.3 is 0 Å². The van der Waals surface area contributed by atoms with E-state index in [1.165, 1.54) is 11.6 Å². The number of nitrogens with zero attached hydrogens (tertiary/aromatic N) is 3. The molecule has 28 heavy (non-hydrogen) atoms. The van der Waals surface area contributed by atoms with Crippen molar-refractivity contribution in [3.8, 4) is 0 Å². The SMILES string of the molecule is Cc1nc(Nc2ccc(Cl)cc2)nc(N2CCc3ccc(F)cc3C2C)c1C. The first-order valence-corrected chi connectivity index (χ1v) is 9.73.